The summed E-state index contributed by atoms with van der Waals surface area (Å²) in [5.74, 6) is 0. The van der Waals surface area contributed by atoms with Gasteiger partial charge < -0.3 is 0 Å². The Morgan fingerprint density at radius 2 is 1.26 bits per heavy atom. The van der Waals surface area contributed by atoms with Gasteiger partial charge >= 0.3 is 0 Å². The van der Waals surface area contributed by atoms with E-state index in [-0.39, 0.29) is 6.67 Å². The fourth-order valence-corrected chi connectivity index (χ4v) is 2.05. The smallest absolute Gasteiger partial charge is 0.0910 e. The van der Waals surface area contributed by atoms with Crippen molar-refractivity contribution in [2.24, 2.45) is 0 Å². The molecule has 0 spiro atoms. The maximum absolute atomic E-state index is 12.4. The Balaban J connectivity index is 1.99. The lowest BCUT2D eigenvalue weighted by Gasteiger charge is -2.21. The third-order valence-electron chi connectivity index (χ3n) is 2.95. The molecule has 0 aliphatic heterocycles. The van der Waals surface area contributed by atoms with Crippen molar-refractivity contribution in [3.8, 4) is 0 Å². The average Bonchev–Trinajstić information content (AvgIpc) is 2.47. The molecule has 0 heterocycles. The number of hydrogen-bond acceptors (Lipinski definition) is 1. The summed E-state index contributed by atoms with van der Waals surface area (Å²) < 4.78 is 12.4. The second-order valence-corrected chi connectivity index (χ2v) is 4.54. The van der Waals surface area contributed by atoms with Crippen molar-refractivity contribution in [1.82, 2.24) is 4.90 Å². The van der Waals surface area contributed by atoms with Crippen molar-refractivity contribution in [1.29, 1.82) is 0 Å². The molecule has 2 rings (SSSR count). The van der Waals surface area contributed by atoms with Gasteiger partial charge in [-0.15, -0.1) is 0 Å². The molecule has 0 bridgehead atoms. The summed E-state index contributed by atoms with van der Waals surface area (Å²) in [6.07, 6.45) is 0.472. The SMILES string of the molecule is FCC[CH]N(Cc1ccccc1)Cc1ccccc1. The van der Waals surface area contributed by atoms with Crippen LogP contribution in [0.3, 0.4) is 0 Å². The summed E-state index contributed by atoms with van der Waals surface area (Å²) in [7, 11) is 0. The Morgan fingerprint density at radius 1 is 0.789 bits per heavy atom. The molecule has 1 nitrogen and oxygen atoms in total. The first-order chi connectivity index (χ1) is 9.38. The molecule has 99 valence electrons. The molecule has 0 amide bonds. The van der Waals surface area contributed by atoms with E-state index < -0.39 is 0 Å². The molecule has 19 heavy (non-hydrogen) atoms. The lowest BCUT2D eigenvalue weighted by Crippen LogP contribution is -2.20. The van der Waals surface area contributed by atoms with Gasteiger partial charge in [0.2, 0.25) is 0 Å². The van der Waals surface area contributed by atoms with E-state index in [0.29, 0.717) is 6.42 Å². The fraction of sp³-hybridized carbons (Fsp3) is 0.235. The van der Waals surface area contributed by atoms with Gasteiger partial charge in [0, 0.05) is 19.6 Å². The molecule has 2 heteroatoms. The average molecular weight is 256 g/mol. The van der Waals surface area contributed by atoms with E-state index in [1.54, 1.807) is 0 Å². The number of hydrogen-bond donors (Lipinski definition) is 0. The Kier molecular flexibility index (Phi) is 5.57. The van der Waals surface area contributed by atoms with E-state index in [0.717, 1.165) is 13.1 Å². The maximum Gasteiger partial charge on any atom is 0.0910 e. The van der Waals surface area contributed by atoms with E-state index >= 15 is 0 Å². The van der Waals surface area contributed by atoms with Gasteiger partial charge in [0.25, 0.3) is 0 Å². The van der Waals surface area contributed by atoms with Gasteiger partial charge in [0.05, 0.1) is 6.67 Å². The molecule has 2 aromatic rings. The van der Waals surface area contributed by atoms with Gasteiger partial charge in [-0.3, -0.25) is 9.29 Å². The van der Waals surface area contributed by atoms with E-state index in [2.05, 4.69) is 29.2 Å². The number of nitrogens with zero attached hydrogens (tertiary/aromatic N) is 1. The zero-order chi connectivity index (χ0) is 13.3. The minimum atomic E-state index is -0.305. The highest BCUT2D eigenvalue weighted by Crippen LogP contribution is 2.12. The van der Waals surface area contributed by atoms with Crippen LogP contribution in [0, 0.1) is 6.54 Å². The lowest BCUT2D eigenvalue weighted by molar-refractivity contribution is 0.297. The molecular formula is C17H19FN. The van der Waals surface area contributed by atoms with Crippen LogP contribution < -0.4 is 0 Å². The predicted octanol–water partition coefficient (Wildman–Crippen LogP) is 4.21. The van der Waals surface area contributed by atoms with Crippen LogP contribution in [0.4, 0.5) is 4.39 Å². The molecule has 0 atom stereocenters. The summed E-state index contributed by atoms with van der Waals surface area (Å²) in [5, 5.41) is 0. The molecule has 0 aliphatic rings. The molecule has 0 aliphatic carbocycles. The standard InChI is InChI=1S/C17H19FN/c18-12-7-13-19(14-16-8-3-1-4-9-16)15-17-10-5-2-6-11-17/h1-6,8-11,13H,7,12,14-15H2. The Morgan fingerprint density at radius 3 is 1.68 bits per heavy atom. The summed E-state index contributed by atoms with van der Waals surface area (Å²) >= 11 is 0. The number of halogens is 1. The zero-order valence-corrected chi connectivity index (χ0v) is 11.0. The van der Waals surface area contributed by atoms with Crippen molar-refractivity contribution in [2.75, 3.05) is 6.67 Å². The molecule has 1 radical (unpaired) electrons. The van der Waals surface area contributed by atoms with E-state index in [1.165, 1.54) is 11.1 Å². The second kappa shape index (κ2) is 7.70. The predicted molar refractivity (Wildman–Crippen MR) is 77.0 cm³/mol. The van der Waals surface area contributed by atoms with Gasteiger partial charge in [0.1, 0.15) is 0 Å². The van der Waals surface area contributed by atoms with Crippen LogP contribution in [0.1, 0.15) is 17.5 Å². The molecule has 0 aromatic heterocycles. The first-order valence-corrected chi connectivity index (χ1v) is 6.59. The van der Waals surface area contributed by atoms with Crippen LogP contribution in [-0.4, -0.2) is 11.6 Å². The van der Waals surface area contributed by atoms with Crippen molar-refractivity contribution in [3.63, 3.8) is 0 Å². The van der Waals surface area contributed by atoms with E-state index in [9.17, 15) is 4.39 Å². The number of rotatable bonds is 7. The molecule has 0 unspecified atom stereocenters. The van der Waals surface area contributed by atoms with Crippen molar-refractivity contribution in [3.05, 3.63) is 78.3 Å². The van der Waals surface area contributed by atoms with Gasteiger partial charge in [-0.1, -0.05) is 60.7 Å². The highest BCUT2D eigenvalue weighted by molar-refractivity contribution is 5.17. The lowest BCUT2D eigenvalue weighted by atomic mass is 10.1. The van der Waals surface area contributed by atoms with Crippen LogP contribution in [0.15, 0.2) is 60.7 Å². The normalized spacial score (nSPS) is 10.8. The van der Waals surface area contributed by atoms with Gasteiger partial charge in [-0.2, -0.15) is 0 Å². The highest BCUT2D eigenvalue weighted by atomic mass is 19.1. The first kappa shape index (κ1) is 13.8. The Bertz CT molecular complexity index is 414. The van der Waals surface area contributed by atoms with Crippen LogP contribution in [-0.2, 0) is 13.1 Å². The minimum Gasteiger partial charge on any atom is -0.290 e. The van der Waals surface area contributed by atoms with Crippen LogP contribution in [0.5, 0.6) is 0 Å². The molecule has 0 saturated carbocycles. The zero-order valence-electron chi connectivity index (χ0n) is 11.0. The number of benzene rings is 2. The second-order valence-electron chi connectivity index (χ2n) is 4.54. The summed E-state index contributed by atoms with van der Waals surface area (Å²) in [6.45, 7) is 3.28. The Labute approximate surface area is 114 Å². The Hall–Kier alpha value is -1.67. The van der Waals surface area contributed by atoms with E-state index in [1.807, 2.05) is 42.9 Å². The van der Waals surface area contributed by atoms with E-state index in [4.69, 9.17) is 0 Å². The first-order valence-electron chi connectivity index (χ1n) is 6.59. The summed E-state index contributed by atoms with van der Waals surface area (Å²) in [6, 6.07) is 20.5. The van der Waals surface area contributed by atoms with Gasteiger partial charge in [-0.25, -0.2) is 0 Å². The third kappa shape index (κ3) is 4.84. The minimum absolute atomic E-state index is 0.305. The molecule has 0 fully saturated rings. The van der Waals surface area contributed by atoms with Crippen molar-refractivity contribution in [2.45, 2.75) is 19.5 Å². The van der Waals surface area contributed by atoms with Crippen LogP contribution in [0.25, 0.3) is 0 Å². The van der Waals surface area contributed by atoms with Gasteiger partial charge in [0.15, 0.2) is 0 Å². The summed E-state index contributed by atoms with van der Waals surface area (Å²) in [4.78, 5) is 2.17. The topological polar surface area (TPSA) is 3.24 Å². The van der Waals surface area contributed by atoms with Crippen molar-refractivity contribution < 1.29 is 4.39 Å². The summed E-state index contributed by atoms with van der Waals surface area (Å²) in [5.41, 5.74) is 2.49. The fourth-order valence-electron chi connectivity index (χ4n) is 2.05. The largest absolute Gasteiger partial charge is 0.290 e. The molecule has 2 aromatic carbocycles. The number of alkyl halides is 1. The van der Waals surface area contributed by atoms with Crippen LogP contribution in [0.2, 0.25) is 0 Å². The quantitative estimate of drug-likeness (QED) is 0.717. The maximum atomic E-state index is 12.4. The van der Waals surface area contributed by atoms with Crippen molar-refractivity contribution >= 4 is 0 Å². The molecule has 0 N–H and O–H groups in total. The molecule has 0 saturated heterocycles. The monoisotopic (exact) mass is 256 g/mol. The third-order valence-corrected chi connectivity index (χ3v) is 2.95. The van der Waals surface area contributed by atoms with Crippen LogP contribution >= 0.6 is 0 Å². The molecular weight excluding hydrogens is 237 g/mol. The highest BCUT2D eigenvalue weighted by Gasteiger charge is 2.07. The van der Waals surface area contributed by atoms with Gasteiger partial charge in [-0.05, 0) is 17.5 Å².